The summed E-state index contributed by atoms with van der Waals surface area (Å²) in [6.07, 6.45) is 3.34. The van der Waals surface area contributed by atoms with Crippen LogP contribution in [0.15, 0.2) is 22.8 Å². The van der Waals surface area contributed by atoms with Crippen LogP contribution in [0.3, 0.4) is 0 Å². The van der Waals surface area contributed by atoms with Crippen molar-refractivity contribution in [1.82, 2.24) is 9.80 Å². The molecule has 1 atom stereocenters. The normalized spacial score (nSPS) is 18.2. The fourth-order valence-electron chi connectivity index (χ4n) is 2.45. The lowest BCUT2D eigenvalue weighted by molar-refractivity contribution is -0.133. The van der Waals surface area contributed by atoms with E-state index in [0.29, 0.717) is 19.4 Å². The number of aliphatic hydroxyl groups is 1. The lowest BCUT2D eigenvalue weighted by Crippen LogP contribution is -2.50. The average Bonchev–Trinajstić information content (AvgIpc) is 2.98. The van der Waals surface area contributed by atoms with E-state index < -0.39 is 0 Å². The average molecular weight is 280 g/mol. The molecule has 0 unspecified atom stereocenters. The molecule has 1 aromatic rings. The number of hydrogen-bond donors (Lipinski definition) is 1. The van der Waals surface area contributed by atoms with Crippen molar-refractivity contribution in [1.29, 1.82) is 0 Å². The van der Waals surface area contributed by atoms with Crippen molar-refractivity contribution in [2.24, 2.45) is 0 Å². The molecule has 112 valence electrons. The second-order valence-electron chi connectivity index (χ2n) is 5.32. The van der Waals surface area contributed by atoms with Crippen LogP contribution in [0, 0.1) is 0 Å². The number of carbonyl (C=O) groups is 1. The molecule has 0 radical (unpaired) electrons. The third-order valence-electron chi connectivity index (χ3n) is 3.83. The Morgan fingerprint density at radius 2 is 2.15 bits per heavy atom. The Morgan fingerprint density at radius 1 is 1.40 bits per heavy atom. The molecular formula is C15H24N2O3. The van der Waals surface area contributed by atoms with Crippen molar-refractivity contribution in [3.05, 3.63) is 24.2 Å². The molecule has 5 nitrogen and oxygen atoms in total. The minimum atomic E-state index is -0.254. The maximum Gasteiger partial charge on any atom is 0.223 e. The van der Waals surface area contributed by atoms with E-state index in [0.717, 1.165) is 38.4 Å². The predicted octanol–water partition coefficient (Wildman–Crippen LogP) is 1.13. The minimum Gasteiger partial charge on any atom is -0.469 e. The van der Waals surface area contributed by atoms with E-state index in [9.17, 15) is 9.90 Å². The van der Waals surface area contributed by atoms with Crippen molar-refractivity contribution < 1.29 is 14.3 Å². The fraction of sp³-hybridized carbons (Fsp3) is 0.667. The number of amides is 1. The van der Waals surface area contributed by atoms with Crippen molar-refractivity contribution in [2.75, 3.05) is 32.7 Å². The molecule has 1 fully saturated rings. The van der Waals surface area contributed by atoms with Crippen LogP contribution >= 0.6 is 0 Å². The van der Waals surface area contributed by atoms with Gasteiger partial charge in [0.15, 0.2) is 0 Å². The Morgan fingerprint density at radius 3 is 2.75 bits per heavy atom. The largest absolute Gasteiger partial charge is 0.469 e. The first-order valence-electron chi connectivity index (χ1n) is 7.39. The summed E-state index contributed by atoms with van der Waals surface area (Å²) in [6, 6.07) is 3.75. The summed E-state index contributed by atoms with van der Waals surface area (Å²) in [5.41, 5.74) is 0. The minimum absolute atomic E-state index is 0.192. The van der Waals surface area contributed by atoms with Crippen LogP contribution in [0.5, 0.6) is 0 Å². The van der Waals surface area contributed by atoms with Crippen molar-refractivity contribution >= 4 is 5.91 Å². The third kappa shape index (κ3) is 4.35. The number of furan rings is 1. The molecule has 20 heavy (non-hydrogen) atoms. The van der Waals surface area contributed by atoms with Gasteiger partial charge in [-0.15, -0.1) is 0 Å². The second kappa shape index (κ2) is 7.45. The van der Waals surface area contributed by atoms with Gasteiger partial charge in [-0.3, -0.25) is 9.69 Å². The zero-order valence-electron chi connectivity index (χ0n) is 12.1. The zero-order chi connectivity index (χ0) is 14.4. The van der Waals surface area contributed by atoms with Gasteiger partial charge in [0.2, 0.25) is 5.91 Å². The number of aryl methyl sites for hydroxylation is 1. The standard InChI is InChI=1S/C15H24N2O3/c1-2-13(18)12-16-7-9-17(10-8-16)15(19)6-5-14-4-3-11-20-14/h3-4,11,13,18H,2,5-10,12H2,1H3/t13-/m1/s1. The van der Waals surface area contributed by atoms with Gasteiger partial charge in [0.25, 0.3) is 0 Å². The summed E-state index contributed by atoms with van der Waals surface area (Å²) in [5, 5.41) is 9.64. The molecule has 1 N–H and O–H groups in total. The molecule has 2 heterocycles. The second-order valence-corrected chi connectivity index (χ2v) is 5.32. The van der Waals surface area contributed by atoms with Crippen LogP contribution in [0.2, 0.25) is 0 Å². The van der Waals surface area contributed by atoms with Crippen LogP contribution < -0.4 is 0 Å². The number of aliphatic hydroxyl groups excluding tert-OH is 1. The molecule has 0 aliphatic carbocycles. The van der Waals surface area contributed by atoms with Crippen LogP contribution in [-0.4, -0.2) is 59.6 Å². The molecule has 0 bridgehead atoms. The molecule has 0 saturated carbocycles. The molecule has 1 aliphatic heterocycles. The molecular weight excluding hydrogens is 256 g/mol. The van der Waals surface area contributed by atoms with E-state index >= 15 is 0 Å². The highest BCUT2D eigenvalue weighted by atomic mass is 16.3. The van der Waals surface area contributed by atoms with E-state index in [2.05, 4.69) is 4.90 Å². The van der Waals surface area contributed by atoms with Crippen molar-refractivity contribution in [2.45, 2.75) is 32.3 Å². The van der Waals surface area contributed by atoms with Gasteiger partial charge in [-0.2, -0.15) is 0 Å². The third-order valence-corrected chi connectivity index (χ3v) is 3.83. The quantitative estimate of drug-likeness (QED) is 0.848. The smallest absolute Gasteiger partial charge is 0.223 e. The maximum absolute atomic E-state index is 12.1. The number of β-amino-alcohol motifs (C(OH)–C–C–N with tert-alkyl or cyclic N) is 1. The van der Waals surface area contributed by atoms with Gasteiger partial charge in [0, 0.05) is 45.6 Å². The van der Waals surface area contributed by atoms with Gasteiger partial charge >= 0.3 is 0 Å². The Bertz CT molecular complexity index is 397. The SMILES string of the molecule is CC[C@@H](O)CN1CCN(C(=O)CCc2ccco2)CC1. The highest BCUT2D eigenvalue weighted by molar-refractivity contribution is 5.76. The Kier molecular flexibility index (Phi) is 5.61. The molecule has 0 spiro atoms. The monoisotopic (exact) mass is 280 g/mol. The summed E-state index contributed by atoms with van der Waals surface area (Å²) >= 11 is 0. The van der Waals surface area contributed by atoms with Crippen molar-refractivity contribution in [3.8, 4) is 0 Å². The van der Waals surface area contributed by atoms with Gasteiger partial charge in [0.1, 0.15) is 5.76 Å². The Labute approximate surface area is 120 Å². The summed E-state index contributed by atoms with van der Waals surface area (Å²) in [6.45, 7) is 5.91. The number of nitrogens with zero attached hydrogens (tertiary/aromatic N) is 2. The van der Waals surface area contributed by atoms with Crippen LogP contribution in [0.4, 0.5) is 0 Å². The molecule has 1 saturated heterocycles. The summed E-state index contributed by atoms with van der Waals surface area (Å²) in [4.78, 5) is 16.2. The number of hydrogen-bond acceptors (Lipinski definition) is 4. The first kappa shape index (κ1) is 15.1. The highest BCUT2D eigenvalue weighted by Crippen LogP contribution is 2.09. The molecule has 5 heteroatoms. The lowest BCUT2D eigenvalue weighted by Gasteiger charge is -2.35. The molecule has 1 aliphatic rings. The van der Waals surface area contributed by atoms with Crippen LogP contribution in [0.1, 0.15) is 25.5 Å². The van der Waals surface area contributed by atoms with Gasteiger partial charge in [-0.1, -0.05) is 6.92 Å². The predicted molar refractivity (Wildman–Crippen MR) is 76.3 cm³/mol. The first-order valence-corrected chi connectivity index (χ1v) is 7.39. The number of carbonyl (C=O) groups excluding carboxylic acids is 1. The fourth-order valence-corrected chi connectivity index (χ4v) is 2.45. The van der Waals surface area contributed by atoms with E-state index in [1.807, 2.05) is 24.0 Å². The molecule has 2 rings (SSSR count). The van der Waals surface area contributed by atoms with Gasteiger partial charge in [0.05, 0.1) is 12.4 Å². The van der Waals surface area contributed by atoms with E-state index in [1.165, 1.54) is 0 Å². The van der Waals surface area contributed by atoms with Crippen molar-refractivity contribution in [3.63, 3.8) is 0 Å². The first-order chi connectivity index (χ1) is 9.69. The van der Waals surface area contributed by atoms with Gasteiger partial charge < -0.3 is 14.4 Å². The van der Waals surface area contributed by atoms with Gasteiger partial charge in [-0.05, 0) is 18.6 Å². The summed E-state index contributed by atoms with van der Waals surface area (Å²) in [7, 11) is 0. The number of piperazine rings is 1. The number of rotatable bonds is 6. The molecule has 1 aromatic heterocycles. The van der Waals surface area contributed by atoms with E-state index in [-0.39, 0.29) is 12.0 Å². The summed E-state index contributed by atoms with van der Waals surface area (Å²) in [5.74, 6) is 1.06. The topological polar surface area (TPSA) is 56.9 Å². The zero-order valence-corrected chi connectivity index (χ0v) is 12.1. The van der Waals surface area contributed by atoms with E-state index in [1.54, 1.807) is 6.26 Å². The van der Waals surface area contributed by atoms with Gasteiger partial charge in [-0.25, -0.2) is 0 Å². The maximum atomic E-state index is 12.1. The molecule has 0 aromatic carbocycles. The summed E-state index contributed by atoms with van der Waals surface area (Å²) < 4.78 is 5.24. The highest BCUT2D eigenvalue weighted by Gasteiger charge is 2.21. The Balaban J connectivity index is 1.69. The lowest BCUT2D eigenvalue weighted by atomic mass is 10.2. The van der Waals surface area contributed by atoms with Crippen LogP contribution in [-0.2, 0) is 11.2 Å². The molecule has 1 amide bonds. The van der Waals surface area contributed by atoms with Crippen LogP contribution in [0.25, 0.3) is 0 Å². The Hall–Kier alpha value is -1.33. The van der Waals surface area contributed by atoms with E-state index in [4.69, 9.17) is 4.42 Å².